The topological polar surface area (TPSA) is 79.6 Å². The number of nitrogens with zero attached hydrogens (tertiary/aromatic N) is 5. The maximum atomic E-state index is 5.46. The van der Waals surface area contributed by atoms with Gasteiger partial charge in [0.2, 0.25) is 0 Å². The molecule has 0 amide bonds. The Labute approximate surface area is 183 Å². The highest BCUT2D eigenvalue weighted by Gasteiger charge is 2.15. The summed E-state index contributed by atoms with van der Waals surface area (Å²) >= 11 is 0. The van der Waals surface area contributed by atoms with Crippen molar-refractivity contribution < 1.29 is 4.74 Å². The predicted octanol–water partition coefficient (Wildman–Crippen LogP) is 2.01. The monoisotopic (exact) mass is 419 g/mol. The number of benzene rings is 1. The molecular weight excluding hydrogens is 390 g/mol. The number of aromatic nitrogens is 3. The first-order valence-electron chi connectivity index (χ1n) is 10.6. The lowest BCUT2D eigenvalue weighted by Gasteiger charge is -2.29. The number of nitrogens with one attached hydrogen (secondary N) is 2. The van der Waals surface area contributed by atoms with Crippen LogP contribution in [-0.4, -0.2) is 60.6 Å². The summed E-state index contributed by atoms with van der Waals surface area (Å²) in [5, 5.41) is 11.1. The molecule has 0 unspecified atom stereocenters. The molecule has 3 heterocycles. The first kappa shape index (κ1) is 20.9. The molecule has 1 fully saturated rings. The third-order valence-electron chi connectivity index (χ3n) is 5.26. The molecule has 0 spiro atoms. The molecule has 0 saturated carbocycles. The van der Waals surface area contributed by atoms with Gasteiger partial charge in [-0.2, -0.15) is 5.10 Å². The van der Waals surface area contributed by atoms with E-state index < -0.39 is 0 Å². The van der Waals surface area contributed by atoms with E-state index in [4.69, 9.17) is 4.74 Å². The fourth-order valence-electron chi connectivity index (χ4n) is 3.59. The summed E-state index contributed by atoms with van der Waals surface area (Å²) in [5.74, 6) is 1.80. The SMILES string of the molecule is CN=C(NCCc1ccc(-n2cccn2)cc1)NCc1cccnc1N1CCOCC1. The van der Waals surface area contributed by atoms with Gasteiger partial charge in [0.05, 0.1) is 18.9 Å². The largest absolute Gasteiger partial charge is 0.378 e. The van der Waals surface area contributed by atoms with Crippen molar-refractivity contribution in [3.05, 3.63) is 72.2 Å². The number of hydrogen-bond acceptors (Lipinski definition) is 5. The van der Waals surface area contributed by atoms with Gasteiger partial charge in [-0.3, -0.25) is 4.99 Å². The molecule has 4 rings (SSSR count). The second-order valence-corrected chi connectivity index (χ2v) is 7.31. The molecule has 8 nitrogen and oxygen atoms in total. The van der Waals surface area contributed by atoms with Crippen molar-refractivity contribution in [2.24, 2.45) is 4.99 Å². The Morgan fingerprint density at radius 2 is 1.90 bits per heavy atom. The highest BCUT2D eigenvalue weighted by atomic mass is 16.5. The smallest absolute Gasteiger partial charge is 0.191 e. The fraction of sp³-hybridized carbons (Fsp3) is 0.348. The van der Waals surface area contributed by atoms with E-state index in [0.717, 1.165) is 62.3 Å². The van der Waals surface area contributed by atoms with Crippen LogP contribution in [0.3, 0.4) is 0 Å². The molecular formula is C23H29N7O. The molecule has 31 heavy (non-hydrogen) atoms. The van der Waals surface area contributed by atoms with Crippen LogP contribution in [-0.2, 0) is 17.7 Å². The number of morpholine rings is 1. The minimum Gasteiger partial charge on any atom is -0.378 e. The Kier molecular flexibility index (Phi) is 7.12. The van der Waals surface area contributed by atoms with Crippen LogP contribution in [0, 0.1) is 0 Å². The highest BCUT2D eigenvalue weighted by molar-refractivity contribution is 5.79. The van der Waals surface area contributed by atoms with Crippen LogP contribution in [0.1, 0.15) is 11.1 Å². The lowest BCUT2D eigenvalue weighted by atomic mass is 10.1. The Morgan fingerprint density at radius 1 is 1.06 bits per heavy atom. The third-order valence-corrected chi connectivity index (χ3v) is 5.26. The van der Waals surface area contributed by atoms with E-state index in [1.807, 2.05) is 29.2 Å². The molecule has 2 aromatic heterocycles. The highest BCUT2D eigenvalue weighted by Crippen LogP contribution is 2.18. The maximum Gasteiger partial charge on any atom is 0.191 e. The molecule has 1 saturated heterocycles. The summed E-state index contributed by atoms with van der Waals surface area (Å²) in [6.07, 6.45) is 6.48. The number of rotatable bonds is 7. The van der Waals surface area contributed by atoms with Crippen molar-refractivity contribution in [3.63, 3.8) is 0 Å². The average Bonchev–Trinajstić information content (AvgIpc) is 3.37. The second-order valence-electron chi connectivity index (χ2n) is 7.31. The molecule has 162 valence electrons. The molecule has 1 aliphatic heterocycles. The second kappa shape index (κ2) is 10.6. The van der Waals surface area contributed by atoms with Gasteiger partial charge < -0.3 is 20.3 Å². The van der Waals surface area contributed by atoms with Crippen molar-refractivity contribution in [1.29, 1.82) is 0 Å². The lowest BCUT2D eigenvalue weighted by Crippen LogP contribution is -2.40. The van der Waals surface area contributed by atoms with E-state index in [1.54, 1.807) is 13.2 Å². The summed E-state index contributed by atoms with van der Waals surface area (Å²) in [4.78, 5) is 11.2. The number of hydrogen-bond donors (Lipinski definition) is 2. The molecule has 2 N–H and O–H groups in total. The minimum absolute atomic E-state index is 0.665. The molecule has 0 bridgehead atoms. The van der Waals surface area contributed by atoms with Gasteiger partial charge in [0.15, 0.2) is 5.96 Å². The van der Waals surface area contributed by atoms with Crippen LogP contribution in [0.4, 0.5) is 5.82 Å². The first-order valence-corrected chi connectivity index (χ1v) is 10.6. The number of guanidine groups is 1. The maximum absolute atomic E-state index is 5.46. The Morgan fingerprint density at radius 3 is 2.65 bits per heavy atom. The molecule has 0 aliphatic carbocycles. The molecule has 8 heteroatoms. The normalized spacial score (nSPS) is 14.5. The Bertz CT molecular complexity index is 964. The zero-order chi connectivity index (χ0) is 21.3. The Balaban J connectivity index is 1.27. The summed E-state index contributed by atoms with van der Waals surface area (Å²) in [7, 11) is 1.79. The van der Waals surface area contributed by atoms with Crippen molar-refractivity contribution >= 4 is 11.8 Å². The summed E-state index contributed by atoms with van der Waals surface area (Å²) in [5.41, 5.74) is 3.48. The molecule has 3 aromatic rings. The van der Waals surface area contributed by atoms with Gasteiger partial charge in [0, 0.05) is 57.4 Å². The minimum atomic E-state index is 0.665. The standard InChI is InChI=1S/C23H29N7O/c1-24-23(26-12-9-19-5-7-21(8-6-19)30-13-3-11-28-30)27-18-20-4-2-10-25-22(20)29-14-16-31-17-15-29/h2-8,10-11,13H,9,12,14-18H2,1H3,(H2,24,26,27). The van der Waals surface area contributed by atoms with Gasteiger partial charge in [0.1, 0.15) is 5.82 Å². The van der Waals surface area contributed by atoms with E-state index in [0.29, 0.717) is 6.54 Å². The Hall–Kier alpha value is -3.39. The molecule has 1 aromatic carbocycles. The summed E-state index contributed by atoms with van der Waals surface area (Å²) in [6.45, 7) is 4.69. The quantitative estimate of drug-likeness (QED) is 0.451. The predicted molar refractivity (Wildman–Crippen MR) is 123 cm³/mol. The van der Waals surface area contributed by atoms with E-state index in [9.17, 15) is 0 Å². The van der Waals surface area contributed by atoms with Crippen molar-refractivity contribution in [3.8, 4) is 5.69 Å². The first-order chi connectivity index (χ1) is 15.3. The van der Waals surface area contributed by atoms with Crippen LogP contribution in [0.5, 0.6) is 0 Å². The summed E-state index contributed by atoms with van der Waals surface area (Å²) in [6, 6.07) is 14.5. The number of anilines is 1. The van der Waals surface area contributed by atoms with Crippen LogP contribution in [0.2, 0.25) is 0 Å². The van der Waals surface area contributed by atoms with Gasteiger partial charge in [-0.05, 0) is 36.2 Å². The molecule has 1 aliphatic rings. The van der Waals surface area contributed by atoms with Crippen LogP contribution in [0.15, 0.2) is 66.0 Å². The molecule has 0 radical (unpaired) electrons. The number of pyridine rings is 1. The van der Waals surface area contributed by atoms with Gasteiger partial charge in [-0.25, -0.2) is 9.67 Å². The van der Waals surface area contributed by atoms with E-state index >= 15 is 0 Å². The van der Waals surface area contributed by atoms with Gasteiger partial charge >= 0.3 is 0 Å². The van der Waals surface area contributed by atoms with E-state index in [1.165, 1.54) is 5.56 Å². The van der Waals surface area contributed by atoms with E-state index in [-0.39, 0.29) is 0 Å². The van der Waals surface area contributed by atoms with Crippen molar-refractivity contribution in [1.82, 2.24) is 25.4 Å². The average molecular weight is 420 g/mol. The van der Waals surface area contributed by atoms with E-state index in [2.05, 4.69) is 60.9 Å². The zero-order valence-corrected chi connectivity index (χ0v) is 17.9. The van der Waals surface area contributed by atoms with Gasteiger partial charge in [0.25, 0.3) is 0 Å². The number of aliphatic imine (C=N–C) groups is 1. The van der Waals surface area contributed by atoms with Crippen molar-refractivity contribution in [2.45, 2.75) is 13.0 Å². The lowest BCUT2D eigenvalue weighted by molar-refractivity contribution is 0.122. The van der Waals surface area contributed by atoms with Gasteiger partial charge in [-0.1, -0.05) is 18.2 Å². The molecule has 0 atom stereocenters. The van der Waals surface area contributed by atoms with Crippen LogP contribution < -0.4 is 15.5 Å². The summed E-state index contributed by atoms with van der Waals surface area (Å²) < 4.78 is 7.32. The van der Waals surface area contributed by atoms with Crippen LogP contribution >= 0.6 is 0 Å². The fourth-order valence-corrected chi connectivity index (χ4v) is 3.59. The van der Waals surface area contributed by atoms with Gasteiger partial charge in [-0.15, -0.1) is 0 Å². The van der Waals surface area contributed by atoms with Crippen LogP contribution in [0.25, 0.3) is 5.69 Å². The third kappa shape index (κ3) is 5.61. The van der Waals surface area contributed by atoms with Crippen molar-refractivity contribution in [2.75, 3.05) is 44.8 Å². The number of ether oxygens (including phenoxy) is 1. The zero-order valence-electron chi connectivity index (χ0n) is 17.9.